The predicted octanol–water partition coefficient (Wildman–Crippen LogP) is 2.36. The van der Waals surface area contributed by atoms with Crippen molar-refractivity contribution in [3.63, 3.8) is 0 Å². The van der Waals surface area contributed by atoms with Crippen molar-refractivity contribution < 1.29 is 4.74 Å². The quantitative estimate of drug-likeness (QED) is 0.489. The summed E-state index contributed by atoms with van der Waals surface area (Å²) >= 11 is 0. The molecule has 15 heavy (non-hydrogen) atoms. The summed E-state index contributed by atoms with van der Waals surface area (Å²) in [5.41, 5.74) is 1.11. The maximum absolute atomic E-state index is 5.48. The Balaban J connectivity index is 1.53. The average molecular weight is 209 g/mol. The first-order chi connectivity index (χ1) is 7.27. The SMILES string of the molecule is C=C(C)COCCNC(C1CC1)C1CC1. The lowest BCUT2D eigenvalue weighted by Crippen LogP contribution is -2.35. The minimum Gasteiger partial charge on any atom is -0.376 e. The third kappa shape index (κ3) is 3.96. The molecule has 0 aromatic rings. The summed E-state index contributed by atoms with van der Waals surface area (Å²) < 4.78 is 5.48. The molecule has 0 unspecified atom stereocenters. The van der Waals surface area contributed by atoms with E-state index in [-0.39, 0.29) is 0 Å². The molecule has 0 bridgehead atoms. The minimum absolute atomic E-state index is 0.708. The molecule has 2 fully saturated rings. The van der Waals surface area contributed by atoms with Gasteiger partial charge in [0.1, 0.15) is 0 Å². The summed E-state index contributed by atoms with van der Waals surface area (Å²) in [5.74, 6) is 1.97. The summed E-state index contributed by atoms with van der Waals surface area (Å²) in [6.07, 6.45) is 5.78. The van der Waals surface area contributed by atoms with Crippen molar-refractivity contribution in [3.8, 4) is 0 Å². The van der Waals surface area contributed by atoms with Crippen molar-refractivity contribution in [2.24, 2.45) is 11.8 Å². The molecule has 0 aromatic heterocycles. The van der Waals surface area contributed by atoms with E-state index >= 15 is 0 Å². The molecule has 0 saturated heterocycles. The van der Waals surface area contributed by atoms with Crippen molar-refractivity contribution in [1.29, 1.82) is 0 Å². The van der Waals surface area contributed by atoms with Crippen LogP contribution in [0.5, 0.6) is 0 Å². The highest BCUT2D eigenvalue weighted by atomic mass is 16.5. The molecular formula is C13H23NO. The average Bonchev–Trinajstić information content (AvgIpc) is 3.00. The maximum atomic E-state index is 5.48. The number of hydrogen-bond acceptors (Lipinski definition) is 2. The molecular weight excluding hydrogens is 186 g/mol. The molecule has 86 valence electrons. The van der Waals surface area contributed by atoms with E-state index < -0.39 is 0 Å². The molecule has 2 heteroatoms. The van der Waals surface area contributed by atoms with Crippen LogP contribution < -0.4 is 5.32 Å². The van der Waals surface area contributed by atoms with Crippen LogP contribution in [0.2, 0.25) is 0 Å². The van der Waals surface area contributed by atoms with Gasteiger partial charge in [-0.3, -0.25) is 0 Å². The van der Waals surface area contributed by atoms with E-state index in [0.717, 1.165) is 36.6 Å². The van der Waals surface area contributed by atoms with Gasteiger partial charge >= 0.3 is 0 Å². The summed E-state index contributed by atoms with van der Waals surface area (Å²) in [6, 6.07) is 0.804. The lowest BCUT2D eigenvalue weighted by molar-refractivity contribution is 0.153. The van der Waals surface area contributed by atoms with E-state index in [1.54, 1.807) is 0 Å². The minimum atomic E-state index is 0.708. The second kappa shape index (κ2) is 5.13. The smallest absolute Gasteiger partial charge is 0.0672 e. The lowest BCUT2D eigenvalue weighted by atomic mass is 10.1. The summed E-state index contributed by atoms with van der Waals surface area (Å²) in [7, 11) is 0. The number of nitrogens with one attached hydrogen (secondary N) is 1. The molecule has 0 atom stereocenters. The lowest BCUT2D eigenvalue weighted by Gasteiger charge is -2.17. The Morgan fingerprint density at radius 2 is 1.93 bits per heavy atom. The van der Waals surface area contributed by atoms with Gasteiger partial charge in [0, 0.05) is 12.6 Å². The molecule has 0 spiro atoms. The van der Waals surface area contributed by atoms with Crippen LogP contribution in [0.3, 0.4) is 0 Å². The van der Waals surface area contributed by atoms with Gasteiger partial charge < -0.3 is 10.1 Å². The fourth-order valence-electron chi connectivity index (χ4n) is 2.17. The molecule has 2 saturated carbocycles. The molecule has 2 aliphatic carbocycles. The van der Waals surface area contributed by atoms with Gasteiger partial charge in [0.05, 0.1) is 13.2 Å². The zero-order valence-corrected chi connectivity index (χ0v) is 9.80. The van der Waals surface area contributed by atoms with Gasteiger partial charge in [0.25, 0.3) is 0 Å². The van der Waals surface area contributed by atoms with Gasteiger partial charge in [0.2, 0.25) is 0 Å². The van der Waals surface area contributed by atoms with Gasteiger partial charge in [-0.25, -0.2) is 0 Å². The largest absolute Gasteiger partial charge is 0.376 e. The van der Waals surface area contributed by atoms with Crippen LogP contribution in [0.1, 0.15) is 32.6 Å². The first-order valence-corrected chi connectivity index (χ1v) is 6.23. The van der Waals surface area contributed by atoms with Gasteiger partial charge in [-0.05, 0) is 44.4 Å². The second-order valence-electron chi connectivity index (χ2n) is 5.16. The van der Waals surface area contributed by atoms with Crippen molar-refractivity contribution in [2.75, 3.05) is 19.8 Å². The Hall–Kier alpha value is -0.340. The van der Waals surface area contributed by atoms with Crippen LogP contribution in [-0.4, -0.2) is 25.8 Å². The van der Waals surface area contributed by atoms with E-state index in [9.17, 15) is 0 Å². The van der Waals surface area contributed by atoms with Crippen LogP contribution in [0, 0.1) is 11.8 Å². The highest BCUT2D eigenvalue weighted by Crippen LogP contribution is 2.44. The normalized spacial score (nSPS) is 20.9. The maximum Gasteiger partial charge on any atom is 0.0672 e. The molecule has 0 heterocycles. The Morgan fingerprint density at radius 3 is 2.40 bits per heavy atom. The third-order valence-electron chi connectivity index (χ3n) is 3.23. The fraction of sp³-hybridized carbons (Fsp3) is 0.846. The number of hydrogen-bond donors (Lipinski definition) is 1. The topological polar surface area (TPSA) is 21.3 Å². The van der Waals surface area contributed by atoms with E-state index in [0.29, 0.717) is 6.61 Å². The van der Waals surface area contributed by atoms with E-state index in [1.165, 1.54) is 25.7 Å². The van der Waals surface area contributed by atoms with Gasteiger partial charge in [-0.2, -0.15) is 0 Å². The predicted molar refractivity (Wildman–Crippen MR) is 62.9 cm³/mol. The first kappa shape index (κ1) is 11.2. The van der Waals surface area contributed by atoms with Crippen LogP contribution in [-0.2, 0) is 4.74 Å². The Labute approximate surface area is 93.1 Å². The molecule has 2 aliphatic rings. The van der Waals surface area contributed by atoms with Gasteiger partial charge in [0.15, 0.2) is 0 Å². The second-order valence-corrected chi connectivity index (χ2v) is 5.16. The van der Waals surface area contributed by atoms with Gasteiger partial charge in [-0.1, -0.05) is 12.2 Å². The molecule has 0 radical (unpaired) electrons. The molecule has 0 aromatic carbocycles. The van der Waals surface area contributed by atoms with Crippen molar-refractivity contribution in [3.05, 3.63) is 12.2 Å². The highest BCUT2D eigenvalue weighted by Gasteiger charge is 2.40. The molecule has 0 aliphatic heterocycles. The zero-order valence-electron chi connectivity index (χ0n) is 9.80. The van der Waals surface area contributed by atoms with Crippen LogP contribution >= 0.6 is 0 Å². The van der Waals surface area contributed by atoms with Gasteiger partial charge in [-0.15, -0.1) is 0 Å². The zero-order chi connectivity index (χ0) is 10.7. The third-order valence-corrected chi connectivity index (χ3v) is 3.23. The Bertz CT molecular complexity index is 207. The Morgan fingerprint density at radius 1 is 1.33 bits per heavy atom. The van der Waals surface area contributed by atoms with Crippen LogP contribution in [0.4, 0.5) is 0 Å². The van der Waals surface area contributed by atoms with Crippen molar-refractivity contribution in [1.82, 2.24) is 5.32 Å². The van der Waals surface area contributed by atoms with E-state index in [2.05, 4.69) is 11.9 Å². The molecule has 1 N–H and O–H groups in total. The fourth-order valence-corrected chi connectivity index (χ4v) is 2.17. The molecule has 2 rings (SSSR count). The number of ether oxygens (including phenoxy) is 1. The van der Waals surface area contributed by atoms with Crippen LogP contribution in [0.15, 0.2) is 12.2 Å². The van der Waals surface area contributed by atoms with E-state index in [1.807, 2.05) is 6.92 Å². The molecule has 2 nitrogen and oxygen atoms in total. The molecule has 0 amide bonds. The summed E-state index contributed by atoms with van der Waals surface area (Å²) in [4.78, 5) is 0. The number of rotatable bonds is 8. The monoisotopic (exact) mass is 209 g/mol. The Kier molecular flexibility index (Phi) is 3.81. The standard InChI is InChI=1S/C13H23NO/c1-10(2)9-15-8-7-14-13(11-3-4-11)12-5-6-12/h11-14H,1,3-9H2,2H3. The summed E-state index contributed by atoms with van der Waals surface area (Å²) in [6.45, 7) is 8.36. The first-order valence-electron chi connectivity index (χ1n) is 6.23. The van der Waals surface area contributed by atoms with Crippen LogP contribution in [0.25, 0.3) is 0 Å². The summed E-state index contributed by atoms with van der Waals surface area (Å²) in [5, 5.41) is 3.66. The highest BCUT2D eigenvalue weighted by molar-refractivity contribution is 4.96. The van der Waals surface area contributed by atoms with E-state index in [4.69, 9.17) is 4.74 Å². The van der Waals surface area contributed by atoms with Crippen molar-refractivity contribution >= 4 is 0 Å². The van der Waals surface area contributed by atoms with Crippen molar-refractivity contribution in [2.45, 2.75) is 38.6 Å².